The van der Waals surface area contributed by atoms with Crippen LogP contribution in [0.1, 0.15) is 22.3 Å². The third-order valence-corrected chi connectivity index (χ3v) is 9.00. The highest BCUT2D eigenvalue weighted by Gasteiger charge is 2.36. The number of hydrogen-bond donors (Lipinski definition) is 0. The SMILES string of the molecule is Cc1ccccc1OP(=O)(Oc1cccc(OP(=O)(Oc2ccccc2C)Oc2ccccc2C)c1)Oc1ccccc1C. The lowest BCUT2D eigenvalue weighted by atomic mass is 10.2. The van der Waals surface area contributed by atoms with Crippen LogP contribution in [0.15, 0.2) is 121 Å². The first kappa shape index (κ1) is 30.8. The fourth-order valence-corrected chi connectivity index (χ4v) is 6.83. The zero-order valence-electron chi connectivity index (χ0n) is 24.7. The lowest BCUT2D eigenvalue weighted by Crippen LogP contribution is -2.10. The monoisotopic (exact) mass is 630 g/mol. The highest BCUT2D eigenvalue weighted by Crippen LogP contribution is 2.53. The third kappa shape index (κ3) is 7.84. The van der Waals surface area contributed by atoms with E-state index in [9.17, 15) is 9.13 Å². The van der Waals surface area contributed by atoms with Gasteiger partial charge in [-0.05, 0) is 86.3 Å². The summed E-state index contributed by atoms with van der Waals surface area (Å²) in [5.41, 5.74) is 2.96. The first-order valence-electron chi connectivity index (χ1n) is 13.8. The highest BCUT2D eigenvalue weighted by atomic mass is 31.2. The smallest absolute Gasteiger partial charge is 0.386 e. The molecule has 0 saturated heterocycles. The summed E-state index contributed by atoms with van der Waals surface area (Å²) in [4.78, 5) is 0. The zero-order chi connectivity index (χ0) is 31.2. The van der Waals surface area contributed by atoms with Gasteiger partial charge >= 0.3 is 15.6 Å². The van der Waals surface area contributed by atoms with E-state index in [1.807, 2.05) is 76.2 Å². The molecule has 8 nitrogen and oxygen atoms in total. The molecule has 0 N–H and O–H groups in total. The molecule has 5 aromatic rings. The van der Waals surface area contributed by atoms with Crippen LogP contribution in [0.2, 0.25) is 0 Å². The van der Waals surface area contributed by atoms with Crippen LogP contribution in [0, 0.1) is 27.7 Å². The first-order chi connectivity index (χ1) is 21.1. The van der Waals surface area contributed by atoms with Crippen LogP contribution >= 0.6 is 15.6 Å². The van der Waals surface area contributed by atoms with Crippen molar-refractivity contribution in [3.05, 3.63) is 144 Å². The van der Waals surface area contributed by atoms with Gasteiger partial charge in [0.1, 0.15) is 34.5 Å². The van der Waals surface area contributed by atoms with Gasteiger partial charge in [-0.25, -0.2) is 0 Å². The average Bonchev–Trinajstić information content (AvgIpc) is 2.98. The molecule has 226 valence electrons. The lowest BCUT2D eigenvalue weighted by molar-refractivity contribution is 0.293. The fraction of sp³-hybridized carbons (Fsp3) is 0.118. The van der Waals surface area contributed by atoms with E-state index in [2.05, 4.69) is 0 Å². The van der Waals surface area contributed by atoms with Crippen LogP contribution in [0.25, 0.3) is 0 Å². The van der Waals surface area contributed by atoms with Crippen LogP contribution in [0.3, 0.4) is 0 Å². The maximum Gasteiger partial charge on any atom is 0.647 e. The van der Waals surface area contributed by atoms with Crippen molar-refractivity contribution in [2.45, 2.75) is 27.7 Å². The van der Waals surface area contributed by atoms with E-state index < -0.39 is 15.6 Å². The molecule has 0 aliphatic carbocycles. The molecule has 0 aromatic heterocycles. The van der Waals surface area contributed by atoms with Crippen molar-refractivity contribution < 1.29 is 36.3 Å². The van der Waals surface area contributed by atoms with E-state index in [0.717, 1.165) is 22.3 Å². The molecule has 0 atom stereocenters. The van der Waals surface area contributed by atoms with Crippen molar-refractivity contribution in [2.24, 2.45) is 0 Å². The Morgan fingerprint density at radius 2 is 0.636 bits per heavy atom. The quantitative estimate of drug-likeness (QED) is 0.126. The van der Waals surface area contributed by atoms with E-state index in [1.165, 1.54) is 6.07 Å². The van der Waals surface area contributed by atoms with E-state index in [0.29, 0.717) is 23.0 Å². The Bertz CT molecular complexity index is 1620. The molecule has 0 unspecified atom stereocenters. The van der Waals surface area contributed by atoms with Gasteiger partial charge in [-0.1, -0.05) is 78.9 Å². The highest BCUT2D eigenvalue weighted by molar-refractivity contribution is 7.50. The molecule has 0 spiro atoms. The molecule has 0 aliphatic heterocycles. The second kappa shape index (κ2) is 13.3. The van der Waals surface area contributed by atoms with Crippen LogP contribution in [-0.4, -0.2) is 0 Å². The molecule has 10 heteroatoms. The van der Waals surface area contributed by atoms with Gasteiger partial charge in [-0.3, -0.25) is 0 Å². The summed E-state index contributed by atoms with van der Waals surface area (Å²) in [6, 6.07) is 34.5. The van der Waals surface area contributed by atoms with Gasteiger partial charge in [0.2, 0.25) is 0 Å². The summed E-state index contributed by atoms with van der Waals surface area (Å²) < 4.78 is 63.7. The molecule has 0 amide bonds. The minimum absolute atomic E-state index is 0.0753. The summed E-state index contributed by atoms with van der Waals surface area (Å²) in [5.74, 6) is 1.48. The molecule has 5 rings (SSSR count). The average molecular weight is 631 g/mol. The van der Waals surface area contributed by atoms with Gasteiger partial charge in [-0.15, -0.1) is 0 Å². The largest absolute Gasteiger partial charge is 0.647 e. The topological polar surface area (TPSA) is 89.5 Å². The number of rotatable bonds is 12. The van der Waals surface area contributed by atoms with Gasteiger partial charge in [0.15, 0.2) is 0 Å². The molecule has 0 radical (unpaired) electrons. The summed E-state index contributed by atoms with van der Waals surface area (Å²) in [7, 11) is -8.64. The van der Waals surface area contributed by atoms with E-state index in [-0.39, 0.29) is 11.5 Å². The molecule has 0 aliphatic rings. The van der Waals surface area contributed by atoms with Crippen LogP contribution in [0.4, 0.5) is 0 Å². The summed E-state index contributed by atoms with van der Waals surface area (Å²) >= 11 is 0. The molecular weight excluding hydrogens is 598 g/mol. The Hall–Kier alpha value is -4.64. The predicted molar refractivity (Wildman–Crippen MR) is 170 cm³/mol. The number of phosphoric acid groups is 2. The lowest BCUT2D eigenvalue weighted by Gasteiger charge is -2.22. The van der Waals surface area contributed by atoms with E-state index in [1.54, 1.807) is 66.7 Å². The number of hydrogen-bond acceptors (Lipinski definition) is 8. The van der Waals surface area contributed by atoms with E-state index in [4.69, 9.17) is 27.1 Å². The number of aryl methyl sites for hydroxylation is 4. The van der Waals surface area contributed by atoms with Gasteiger partial charge in [0.25, 0.3) is 0 Å². The number of benzene rings is 5. The molecular formula is C34H32O8P2. The van der Waals surface area contributed by atoms with Gasteiger partial charge in [-0.2, -0.15) is 9.13 Å². The normalized spacial score (nSPS) is 11.4. The maximum absolute atomic E-state index is 14.2. The Labute approximate surface area is 257 Å². The summed E-state index contributed by atoms with van der Waals surface area (Å²) in [6.45, 7) is 7.29. The number of para-hydroxylation sites is 4. The van der Waals surface area contributed by atoms with Crippen LogP contribution < -0.4 is 27.1 Å². The van der Waals surface area contributed by atoms with Crippen molar-refractivity contribution in [3.8, 4) is 34.5 Å². The maximum atomic E-state index is 14.2. The van der Waals surface area contributed by atoms with Crippen molar-refractivity contribution in [2.75, 3.05) is 0 Å². The van der Waals surface area contributed by atoms with Crippen molar-refractivity contribution >= 4 is 15.6 Å². The van der Waals surface area contributed by atoms with Crippen molar-refractivity contribution in [1.82, 2.24) is 0 Å². The summed E-state index contributed by atoms with van der Waals surface area (Å²) in [6.07, 6.45) is 0. The van der Waals surface area contributed by atoms with E-state index >= 15 is 0 Å². The Balaban J connectivity index is 1.46. The second-order valence-corrected chi connectivity index (χ2v) is 12.9. The predicted octanol–water partition coefficient (Wildman–Crippen LogP) is 10.2. The molecule has 5 aromatic carbocycles. The van der Waals surface area contributed by atoms with Crippen LogP contribution in [-0.2, 0) is 9.13 Å². The standard InChI is InChI=1S/C34H32O8P2/c1-25-14-5-9-20-31(25)39-43(35,40-32-21-10-6-15-26(32)2)37-29-18-13-19-30(24-29)38-44(36,41-33-22-11-7-16-27(33)3)42-34-23-12-8-17-28(34)4/h5-24H,1-4H3. The van der Waals surface area contributed by atoms with Gasteiger partial charge in [0.05, 0.1) is 0 Å². The molecule has 0 heterocycles. The second-order valence-electron chi connectivity index (χ2n) is 9.98. The third-order valence-electron chi connectivity index (χ3n) is 6.45. The Morgan fingerprint density at radius 3 is 0.909 bits per heavy atom. The van der Waals surface area contributed by atoms with Crippen LogP contribution in [0.5, 0.6) is 34.5 Å². The van der Waals surface area contributed by atoms with Crippen molar-refractivity contribution in [1.29, 1.82) is 0 Å². The zero-order valence-corrected chi connectivity index (χ0v) is 26.5. The van der Waals surface area contributed by atoms with Crippen molar-refractivity contribution in [3.63, 3.8) is 0 Å². The fourth-order valence-electron chi connectivity index (χ4n) is 4.07. The molecule has 0 fully saturated rings. The molecule has 0 bridgehead atoms. The minimum Gasteiger partial charge on any atom is -0.386 e. The molecule has 44 heavy (non-hydrogen) atoms. The van der Waals surface area contributed by atoms with Gasteiger partial charge < -0.3 is 27.1 Å². The number of phosphoric ester groups is 2. The van der Waals surface area contributed by atoms with Gasteiger partial charge in [0, 0.05) is 6.07 Å². The Kier molecular flexibility index (Phi) is 9.34. The Morgan fingerprint density at radius 1 is 0.364 bits per heavy atom. The molecule has 0 saturated carbocycles. The summed E-state index contributed by atoms with van der Waals surface area (Å²) in [5, 5.41) is 0. The first-order valence-corrected chi connectivity index (χ1v) is 16.7. The minimum atomic E-state index is -4.32.